The van der Waals surface area contributed by atoms with E-state index in [9.17, 15) is 14.9 Å². The van der Waals surface area contributed by atoms with E-state index in [1.807, 2.05) is 0 Å². The predicted octanol–water partition coefficient (Wildman–Crippen LogP) is 1.56. The summed E-state index contributed by atoms with van der Waals surface area (Å²) in [5.41, 5.74) is 5.34. The minimum absolute atomic E-state index is 0.0378. The van der Waals surface area contributed by atoms with E-state index in [0.717, 1.165) is 12.8 Å². The molecule has 120 valence electrons. The smallest absolute Gasteiger partial charge is 0.310 e. The summed E-state index contributed by atoms with van der Waals surface area (Å²) in [5, 5.41) is 10.9. The van der Waals surface area contributed by atoms with Crippen molar-refractivity contribution in [2.24, 2.45) is 11.7 Å². The van der Waals surface area contributed by atoms with Crippen molar-refractivity contribution in [3.63, 3.8) is 0 Å². The standard InChI is InChI=1S/C15H21N3O4/c1-11-6-7-12(15(16)19)10-17(11)8-9-22-14-5-3-2-4-13(14)18(20)21/h2-5,11-12H,6-10H2,1H3,(H2,16,19)/t11-,12-/m0/s1. The number of nitrogens with zero attached hydrogens (tertiary/aromatic N) is 2. The van der Waals surface area contributed by atoms with Crippen molar-refractivity contribution in [2.75, 3.05) is 19.7 Å². The van der Waals surface area contributed by atoms with Crippen LogP contribution in [0.25, 0.3) is 0 Å². The number of ether oxygens (including phenoxy) is 1. The van der Waals surface area contributed by atoms with E-state index >= 15 is 0 Å². The van der Waals surface area contributed by atoms with E-state index in [1.54, 1.807) is 18.2 Å². The van der Waals surface area contributed by atoms with Gasteiger partial charge in [-0.1, -0.05) is 12.1 Å². The number of piperidine rings is 1. The third kappa shape index (κ3) is 3.94. The molecule has 0 aromatic heterocycles. The number of hydrogen-bond acceptors (Lipinski definition) is 5. The first-order valence-electron chi connectivity index (χ1n) is 7.38. The minimum atomic E-state index is -0.456. The van der Waals surface area contributed by atoms with Crippen LogP contribution in [0.1, 0.15) is 19.8 Å². The zero-order valence-corrected chi connectivity index (χ0v) is 12.6. The van der Waals surface area contributed by atoms with Gasteiger partial charge >= 0.3 is 5.69 Å². The summed E-state index contributed by atoms with van der Waals surface area (Å²) in [4.78, 5) is 23.9. The molecule has 2 rings (SSSR count). The van der Waals surface area contributed by atoms with Crippen molar-refractivity contribution in [3.8, 4) is 5.75 Å². The molecule has 1 saturated heterocycles. The van der Waals surface area contributed by atoms with Crippen molar-refractivity contribution in [1.82, 2.24) is 4.90 Å². The van der Waals surface area contributed by atoms with Gasteiger partial charge in [0.15, 0.2) is 5.75 Å². The van der Waals surface area contributed by atoms with Crippen molar-refractivity contribution in [2.45, 2.75) is 25.8 Å². The number of hydrogen-bond donors (Lipinski definition) is 1. The van der Waals surface area contributed by atoms with Crippen molar-refractivity contribution in [3.05, 3.63) is 34.4 Å². The van der Waals surface area contributed by atoms with Crippen LogP contribution in [0.4, 0.5) is 5.69 Å². The third-order valence-corrected chi connectivity index (χ3v) is 4.11. The highest BCUT2D eigenvalue weighted by atomic mass is 16.6. The molecule has 0 spiro atoms. The molecule has 2 N–H and O–H groups in total. The molecule has 1 amide bonds. The maximum absolute atomic E-state index is 11.3. The van der Waals surface area contributed by atoms with E-state index in [2.05, 4.69) is 11.8 Å². The van der Waals surface area contributed by atoms with Gasteiger partial charge in [-0.05, 0) is 25.8 Å². The maximum atomic E-state index is 11.3. The molecule has 1 aromatic carbocycles. The summed E-state index contributed by atoms with van der Waals surface area (Å²) in [7, 11) is 0. The zero-order valence-electron chi connectivity index (χ0n) is 12.6. The number of nitro groups is 1. The highest BCUT2D eigenvalue weighted by Crippen LogP contribution is 2.26. The number of carbonyl (C=O) groups is 1. The van der Waals surface area contributed by atoms with Crippen LogP contribution in [0, 0.1) is 16.0 Å². The molecule has 7 nitrogen and oxygen atoms in total. The Hall–Kier alpha value is -2.15. The molecule has 22 heavy (non-hydrogen) atoms. The zero-order chi connectivity index (χ0) is 16.1. The van der Waals surface area contributed by atoms with Crippen LogP contribution in [0.5, 0.6) is 5.75 Å². The Morgan fingerprint density at radius 2 is 2.18 bits per heavy atom. The van der Waals surface area contributed by atoms with Gasteiger partial charge in [-0.15, -0.1) is 0 Å². The van der Waals surface area contributed by atoms with Crippen molar-refractivity contribution >= 4 is 11.6 Å². The number of carbonyl (C=O) groups excluding carboxylic acids is 1. The summed E-state index contributed by atoms with van der Waals surface area (Å²) in [6, 6.07) is 6.67. The lowest BCUT2D eigenvalue weighted by Crippen LogP contribution is -2.47. The molecule has 0 radical (unpaired) electrons. The quantitative estimate of drug-likeness (QED) is 0.635. The monoisotopic (exact) mass is 307 g/mol. The van der Waals surface area contributed by atoms with Crippen LogP contribution < -0.4 is 10.5 Å². The van der Waals surface area contributed by atoms with E-state index in [1.165, 1.54) is 6.07 Å². The van der Waals surface area contributed by atoms with Gasteiger partial charge in [0.2, 0.25) is 5.91 Å². The third-order valence-electron chi connectivity index (χ3n) is 4.11. The molecule has 0 saturated carbocycles. The molecule has 1 aliphatic heterocycles. The van der Waals surface area contributed by atoms with Crippen molar-refractivity contribution < 1.29 is 14.5 Å². The molecule has 1 fully saturated rings. The molecule has 1 heterocycles. The first kappa shape index (κ1) is 16.2. The topological polar surface area (TPSA) is 98.7 Å². The van der Waals surface area contributed by atoms with Crippen LogP contribution in [-0.4, -0.2) is 41.5 Å². The van der Waals surface area contributed by atoms with Gasteiger partial charge in [-0.3, -0.25) is 19.8 Å². The lowest BCUT2D eigenvalue weighted by molar-refractivity contribution is -0.385. The summed E-state index contributed by atoms with van der Waals surface area (Å²) in [6.45, 7) is 3.66. The fraction of sp³-hybridized carbons (Fsp3) is 0.533. The maximum Gasteiger partial charge on any atom is 0.310 e. The van der Waals surface area contributed by atoms with E-state index < -0.39 is 4.92 Å². The van der Waals surface area contributed by atoms with Crippen LogP contribution >= 0.6 is 0 Å². The SMILES string of the molecule is C[C@H]1CC[C@H](C(N)=O)CN1CCOc1ccccc1[N+](=O)[O-]. The predicted molar refractivity (Wildman–Crippen MR) is 81.5 cm³/mol. The minimum Gasteiger partial charge on any atom is -0.485 e. The second-order valence-corrected chi connectivity index (χ2v) is 5.59. The number of likely N-dealkylation sites (tertiary alicyclic amines) is 1. The van der Waals surface area contributed by atoms with E-state index in [0.29, 0.717) is 25.7 Å². The molecule has 0 unspecified atom stereocenters. The Morgan fingerprint density at radius 3 is 2.86 bits per heavy atom. The van der Waals surface area contributed by atoms with Crippen LogP contribution in [-0.2, 0) is 4.79 Å². The van der Waals surface area contributed by atoms with E-state index in [4.69, 9.17) is 10.5 Å². The summed E-state index contributed by atoms with van der Waals surface area (Å²) in [6.07, 6.45) is 1.73. The number of amides is 1. The first-order chi connectivity index (χ1) is 10.5. The molecule has 1 aromatic rings. The fourth-order valence-corrected chi connectivity index (χ4v) is 2.73. The highest BCUT2D eigenvalue weighted by molar-refractivity contribution is 5.76. The Balaban J connectivity index is 1.90. The highest BCUT2D eigenvalue weighted by Gasteiger charge is 2.28. The molecule has 7 heteroatoms. The number of nitro benzene ring substituents is 1. The molecule has 2 atom stereocenters. The molecule has 1 aliphatic rings. The summed E-state index contributed by atoms with van der Waals surface area (Å²) >= 11 is 0. The van der Waals surface area contributed by atoms with Crippen LogP contribution in [0.3, 0.4) is 0 Å². The Labute approximate surface area is 129 Å². The normalized spacial score (nSPS) is 22.2. The number of rotatable bonds is 6. The van der Waals surface area contributed by atoms with Crippen LogP contribution in [0.2, 0.25) is 0 Å². The summed E-state index contributed by atoms with van der Waals surface area (Å²) < 4.78 is 5.55. The van der Waals surface area contributed by atoms with Gasteiger partial charge < -0.3 is 10.5 Å². The van der Waals surface area contributed by atoms with Gasteiger partial charge in [0.1, 0.15) is 6.61 Å². The number of para-hydroxylation sites is 2. The lowest BCUT2D eigenvalue weighted by Gasteiger charge is -2.36. The van der Waals surface area contributed by atoms with Gasteiger partial charge in [-0.2, -0.15) is 0 Å². The van der Waals surface area contributed by atoms with Crippen molar-refractivity contribution in [1.29, 1.82) is 0 Å². The number of primary amides is 1. The molecular weight excluding hydrogens is 286 g/mol. The second-order valence-electron chi connectivity index (χ2n) is 5.59. The Kier molecular flexibility index (Phi) is 5.32. The van der Waals surface area contributed by atoms with Crippen LogP contribution in [0.15, 0.2) is 24.3 Å². The number of benzene rings is 1. The first-order valence-corrected chi connectivity index (χ1v) is 7.38. The largest absolute Gasteiger partial charge is 0.485 e. The molecule has 0 bridgehead atoms. The van der Waals surface area contributed by atoms with Gasteiger partial charge in [0.25, 0.3) is 0 Å². The Bertz CT molecular complexity index is 549. The summed E-state index contributed by atoms with van der Waals surface area (Å²) in [5.74, 6) is -0.123. The number of nitrogens with two attached hydrogens (primary N) is 1. The van der Waals surface area contributed by atoms with Gasteiger partial charge in [-0.25, -0.2) is 0 Å². The Morgan fingerprint density at radius 1 is 1.45 bits per heavy atom. The fourth-order valence-electron chi connectivity index (χ4n) is 2.73. The molecular formula is C15H21N3O4. The second kappa shape index (κ2) is 7.22. The molecule has 0 aliphatic carbocycles. The average Bonchev–Trinajstić information content (AvgIpc) is 2.49. The average molecular weight is 307 g/mol. The van der Waals surface area contributed by atoms with Gasteiger partial charge in [0, 0.05) is 25.2 Å². The van der Waals surface area contributed by atoms with E-state index in [-0.39, 0.29) is 23.3 Å². The lowest BCUT2D eigenvalue weighted by atomic mass is 9.93. The van der Waals surface area contributed by atoms with Gasteiger partial charge in [0.05, 0.1) is 10.8 Å².